The van der Waals surface area contributed by atoms with E-state index in [9.17, 15) is 9.59 Å². The lowest BCUT2D eigenvalue weighted by atomic mass is 10.1. The van der Waals surface area contributed by atoms with Crippen molar-refractivity contribution in [3.8, 4) is 11.5 Å². The van der Waals surface area contributed by atoms with Crippen molar-refractivity contribution in [1.29, 1.82) is 0 Å². The van der Waals surface area contributed by atoms with Crippen molar-refractivity contribution >= 4 is 17.6 Å². The fraction of sp³-hybridized carbons (Fsp3) is 0.222. The van der Waals surface area contributed by atoms with Crippen LogP contribution in [0.3, 0.4) is 0 Å². The Morgan fingerprint density at radius 2 is 2.12 bits per heavy atom. The van der Waals surface area contributed by atoms with Crippen LogP contribution in [0.4, 0.5) is 5.69 Å². The molecule has 0 fully saturated rings. The third-order valence-corrected chi connectivity index (χ3v) is 3.72. The summed E-state index contributed by atoms with van der Waals surface area (Å²) in [6.45, 7) is 2.52. The van der Waals surface area contributed by atoms with Gasteiger partial charge in [-0.15, -0.1) is 0 Å². The molecule has 0 unspecified atom stereocenters. The molecular weight excluding hydrogens is 310 g/mol. The SMILES string of the molecule is Cc1cccc(OCCN2C(=O)COc3ccc(C(=O)O)cc32)c1. The lowest BCUT2D eigenvalue weighted by Gasteiger charge is -2.29. The molecule has 0 bridgehead atoms. The van der Waals surface area contributed by atoms with E-state index in [1.54, 1.807) is 6.07 Å². The Morgan fingerprint density at radius 3 is 2.88 bits per heavy atom. The minimum Gasteiger partial charge on any atom is -0.492 e. The Morgan fingerprint density at radius 1 is 1.29 bits per heavy atom. The molecule has 0 saturated carbocycles. The van der Waals surface area contributed by atoms with Crippen molar-refractivity contribution in [2.75, 3.05) is 24.7 Å². The van der Waals surface area contributed by atoms with E-state index in [1.165, 1.54) is 17.0 Å². The van der Waals surface area contributed by atoms with Crippen LogP contribution >= 0.6 is 0 Å². The molecule has 1 N–H and O–H groups in total. The highest BCUT2D eigenvalue weighted by molar-refractivity contribution is 5.99. The number of anilines is 1. The highest BCUT2D eigenvalue weighted by Crippen LogP contribution is 2.32. The number of aryl methyl sites for hydroxylation is 1. The van der Waals surface area contributed by atoms with E-state index in [0.29, 0.717) is 24.6 Å². The summed E-state index contributed by atoms with van der Waals surface area (Å²) in [5.74, 6) is -0.0463. The second-order valence-corrected chi connectivity index (χ2v) is 5.49. The maximum atomic E-state index is 12.1. The first-order valence-corrected chi connectivity index (χ1v) is 7.54. The van der Waals surface area contributed by atoms with Crippen molar-refractivity contribution in [2.45, 2.75) is 6.92 Å². The van der Waals surface area contributed by atoms with Crippen LogP contribution in [0.15, 0.2) is 42.5 Å². The molecule has 0 spiro atoms. The Hall–Kier alpha value is -3.02. The molecular formula is C18H17NO5. The van der Waals surface area contributed by atoms with Crippen LogP contribution in [0.2, 0.25) is 0 Å². The zero-order valence-corrected chi connectivity index (χ0v) is 13.2. The number of amides is 1. The molecule has 0 saturated heterocycles. The van der Waals surface area contributed by atoms with E-state index in [4.69, 9.17) is 14.6 Å². The van der Waals surface area contributed by atoms with Gasteiger partial charge in [-0.25, -0.2) is 4.79 Å². The molecule has 0 atom stereocenters. The molecule has 1 amide bonds. The molecule has 1 aliphatic rings. The quantitative estimate of drug-likeness (QED) is 0.913. The summed E-state index contributed by atoms with van der Waals surface area (Å²) in [7, 11) is 0. The van der Waals surface area contributed by atoms with Gasteiger partial charge in [0.2, 0.25) is 0 Å². The second kappa shape index (κ2) is 6.62. The Balaban J connectivity index is 1.74. The number of carboxylic acids is 1. The van der Waals surface area contributed by atoms with E-state index in [1.807, 2.05) is 31.2 Å². The van der Waals surface area contributed by atoms with Gasteiger partial charge in [0.1, 0.15) is 18.1 Å². The average Bonchev–Trinajstić information content (AvgIpc) is 2.56. The molecule has 3 rings (SSSR count). The van der Waals surface area contributed by atoms with Gasteiger partial charge in [-0.3, -0.25) is 4.79 Å². The molecule has 0 radical (unpaired) electrons. The summed E-state index contributed by atoms with van der Waals surface area (Å²) >= 11 is 0. The monoisotopic (exact) mass is 327 g/mol. The van der Waals surface area contributed by atoms with Crippen LogP contribution in [-0.4, -0.2) is 36.7 Å². The van der Waals surface area contributed by atoms with E-state index in [-0.39, 0.29) is 18.1 Å². The predicted molar refractivity (Wildman–Crippen MR) is 87.9 cm³/mol. The number of carbonyl (C=O) groups is 2. The number of carboxylic acid groups (broad SMARTS) is 1. The largest absolute Gasteiger partial charge is 0.492 e. The molecule has 2 aromatic rings. The Labute approximate surface area is 139 Å². The van der Waals surface area contributed by atoms with Crippen LogP contribution < -0.4 is 14.4 Å². The molecule has 24 heavy (non-hydrogen) atoms. The first kappa shape index (κ1) is 15.9. The van der Waals surface area contributed by atoms with Gasteiger partial charge in [0.15, 0.2) is 6.61 Å². The van der Waals surface area contributed by atoms with E-state index in [2.05, 4.69) is 0 Å². The molecule has 2 aromatic carbocycles. The highest BCUT2D eigenvalue weighted by Gasteiger charge is 2.26. The van der Waals surface area contributed by atoms with Crippen molar-refractivity contribution in [1.82, 2.24) is 0 Å². The first-order chi connectivity index (χ1) is 11.5. The standard InChI is InChI=1S/C18H17NO5/c1-12-3-2-4-14(9-12)23-8-7-19-15-10-13(18(21)22)5-6-16(15)24-11-17(19)20/h2-6,9-10H,7-8,11H2,1H3,(H,21,22). The number of ether oxygens (including phenoxy) is 2. The number of carbonyl (C=O) groups excluding carboxylic acids is 1. The summed E-state index contributed by atoms with van der Waals surface area (Å²) in [6, 6.07) is 12.1. The molecule has 0 aliphatic carbocycles. The molecule has 6 heteroatoms. The molecule has 1 aliphatic heterocycles. The van der Waals surface area contributed by atoms with Crippen molar-refractivity contribution < 1.29 is 24.2 Å². The third-order valence-electron chi connectivity index (χ3n) is 3.72. The van der Waals surface area contributed by atoms with Gasteiger partial charge in [0, 0.05) is 0 Å². The van der Waals surface area contributed by atoms with Crippen molar-refractivity contribution in [3.63, 3.8) is 0 Å². The van der Waals surface area contributed by atoms with Crippen LogP contribution in [0, 0.1) is 6.92 Å². The summed E-state index contributed by atoms with van der Waals surface area (Å²) in [4.78, 5) is 24.8. The van der Waals surface area contributed by atoms with Crippen LogP contribution in [0.1, 0.15) is 15.9 Å². The van der Waals surface area contributed by atoms with E-state index in [0.717, 1.165) is 11.3 Å². The number of nitrogens with zero attached hydrogens (tertiary/aromatic N) is 1. The minimum atomic E-state index is -1.05. The summed E-state index contributed by atoms with van der Waals surface area (Å²) in [5.41, 5.74) is 1.65. The van der Waals surface area contributed by atoms with E-state index >= 15 is 0 Å². The van der Waals surface area contributed by atoms with Gasteiger partial charge in [-0.05, 0) is 42.8 Å². The lowest BCUT2D eigenvalue weighted by molar-refractivity contribution is -0.121. The lowest BCUT2D eigenvalue weighted by Crippen LogP contribution is -2.41. The van der Waals surface area contributed by atoms with Gasteiger partial charge in [0.05, 0.1) is 17.8 Å². The zero-order valence-electron chi connectivity index (χ0n) is 13.2. The minimum absolute atomic E-state index is 0.0656. The van der Waals surface area contributed by atoms with Crippen molar-refractivity contribution in [3.05, 3.63) is 53.6 Å². The Bertz CT molecular complexity index is 787. The number of fused-ring (bicyclic) bond motifs is 1. The van der Waals surface area contributed by atoms with Crippen LogP contribution in [-0.2, 0) is 4.79 Å². The van der Waals surface area contributed by atoms with Gasteiger partial charge in [-0.2, -0.15) is 0 Å². The second-order valence-electron chi connectivity index (χ2n) is 5.49. The summed E-state index contributed by atoms with van der Waals surface area (Å²) < 4.78 is 11.0. The number of benzene rings is 2. The third kappa shape index (κ3) is 3.32. The predicted octanol–water partition coefficient (Wildman–Crippen LogP) is 2.50. The van der Waals surface area contributed by atoms with Crippen LogP contribution in [0.25, 0.3) is 0 Å². The van der Waals surface area contributed by atoms with Crippen LogP contribution in [0.5, 0.6) is 11.5 Å². The normalized spacial score (nSPS) is 13.2. The Kier molecular flexibility index (Phi) is 4.37. The highest BCUT2D eigenvalue weighted by atomic mass is 16.5. The maximum Gasteiger partial charge on any atom is 0.335 e. The van der Waals surface area contributed by atoms with Crippen molar-refractivity contribution in [2.24, 2.45) is 0 Å². The summed E-state index contributed by atoms with van der Waals surface area (Å²) in [5, 5.41) is 9.12. The number of aromatic carboxylic acids is 1. The van der Waals surface area contributed by atoms with Gasteiger partial charge >= 0.3 is 5.97 Å². The smallest absolute Gasteiger partial charge is 0.335 e. The van der Waals surface area contributed by atoms with Gasteiger partial charge in [0.25, 0.3) is 5.91 Å². The molecule has 6 nitrogen and oxygen atoms in total. The average molecular weight is 327 g/mol. The molecule has 1 heterocycles. The maximum absolute atomic E-state index is 12.1. The van der Waals surface area contributed by atoms with E-state index < -0.39 is 5.97 Å². The zero-order chi connectivity index (χ0) is 17.1. The fourth-order valence-corrected chi connectivity index (χ4v) is 2.54. The first-order valence-electron chi connectivity index (χ1n) is 7.54. The van der Waals surface area contributed by atoms with Gasteiger partial charge < -0.3 is 19.5 Å². The fourth-order valence-electron chi connectivity index (χ4n) is 2.54. The number of hydrogen-bond acceptors (Lipinski definition) is 4. The van der Waals surface area contributed by atoms with Gasteiger partial charge in [-0.1, -0.05) is 12.1 Å². The topological polar surface area (TPSA) is 76.1 Å². The number of hydrogen-bond donors (Lipinski definition) is 1. The number of rotatable bonds is 5. The molecule has 124 valence electrons. The summed E-state index contributed by atoms with van der Waals surface area (Å²) in [6.07, 6.45) is 0. The molecule has 0 aromatic heterocycles.